The first-order valence-corrected chi connectivity index (χ1v) is 8.24. The third kappa shape index (κ3) is 1.96. The first-order chi connectivity index (χ1) is 9.72. The quantitative estimate of drug-likeness (QED) is 0.880. The maximum Gasteiger partial charge on any atom is 0.120 e. The zero-order valence-electron chi connectivity index (χ0n) is 12.3. The largest absolute Gasteiger partial charge is 0.508 e. The number of rotatable bonds is 3. The zero-order valence-corrected chi connectivity index (χ0v) is 12.3. The Bertz CT molecular complexity index is 512. The molecule has 1 aromatic carbocycles. The van der Waals surface area contributed by atoms with Gasteiger partial charge < -0.3 is 10.4 Å². The van der Waals surface area contributed by atoms with Crippen LogP contribution >= 0.6 is 0 Å². The van der Waals surface area contributed by atoms with Gasteiger partial charge in [0.1, 0.15) is 5.75 Å². The predicted molar refractivity (Wildman–Crippen MR) is 80.5 cm³/mol. The normalized spacial score (nSPS) is 38.4. The Morgan fingerprint density at radius 1 is 1.15 bits per heavy atom. The van der Waals surface area contributed by atoms with Crippen molar-refractivity contribution in [3.63, 3.8) is 0 Å². The molecule has 20 heavy (non-hydrogen) atoms. The molecule has 3 fully saturated rings. The van der Waals surface area contributed by atoms with E-state index in [-0.39, 0.29) is 0 Å². The maximum absolute atomic E-state index is 9.95. The molecule has 2 nitrogen and oxygen atoms in total. The van der Waals surface area contributed by atoms with E-state index in [9.17, 15) is 5.11 Å². The van der Waals surface area contributed by atoms with E-state index in [2.05, 4.69) is 18.3 Å². The van der Waals surface area contributed by atoms with Gasteiger partial charge in [0.2, 0.25) is 0 Å². The van der Waals surface area contributed by atoms with Gasteiger partial charge in [-0.05, 0) is 62.3 Å². The molecular weight excluding hydrogens is 246 g/mol. The Labute approximate surface area is 121 Å². The van der Waals surface area contributed by atoms with E-state index in [0.717, 1.165) is 35.8 Å². The fourth-order valence-corrected chi connectivity index (χ4v) is 5.40. The summed E-state index contributed by atoms with van der Waals surface area (Å²) in [6.45, 7) is 2.91. The first kappa shape index (κ1) is 12.7. The molecule has 2 heteroatoms. The average Bonchev–Trinajstić information content (AvgIpc) is 3.10. The first-order valence-electron chi connectivity index (χ1n) is 8.24. The summed E-state index contributed by atoms with van der Waals surface area (Å²) in [5.41, 5.74) is 2.28. The van der Waals surface area contributed by atoms with Gasteiger partial charge in [-0.15, -0.1) is 0 Å². The van der Waals surface area contributed by atoms with E-state index in [1.165, 1.54) is 37.7 Å². The summed E-state index contributed by atoms with van der Waals surface area (Å²) in [5, 5.41) is 13.7. The molecule has 5 unspecified atom stereocenters. The number of hydrogen-bond acceptors (Lipinski definition) is 2. The van der Waals surface area contributed by atoms with Crippen LogP contribution in [-0.2, 0) is 6.54 Å². The van der Waals surface area contributed by atoms with Crippen molar-refractivity contribution in [3.8, 4) is 5.75 Å². The lowest BCUT2D eigenvalue weighted by Crippen LogP contribution is -2.38. The third-order valence-corrected chi connectivity index (χ3v) is 6.22. The number of phenolic OH excluding ortho intramolecular Hbond substituents is 1. The summed E-state index contributed by atoms with van der Waals surface area (Å²) >= 11 is 0. The Morgan fingerprint density at radius 2 is 2.00 bits per heavy atom. The second kappa shape index (κ2) is 4.77. The summed E-state index contributed by atoms with van der Waals surface area (Å²) in [6.07, 6.45) is 7.27. The van der Waals surface area contributed by atoms with E-state index in [1.807, 2.05) is 12.1 Å². The highest BCUT2D eigenvalue weighted by Crippen LogP contribution is 2.58. The van der Waals surface area contributed by atoms with Crippen LogP contribution in [-0.4, -0.2) is 11.1 Å². The highest BCUT2D eigenvalue weighted by Gasteiger charge is 2.53. The van der Waals surface area contributed by atoms with Crippen molar-refractivity contribution in [1.29, 1.82) is 0 Å². The topological polar surface area (TPSA) is 32.3 Å². The second-order valence-corrected chi connectivity index (χ2v) is 7.27. The third-order valence-electron chi connectivity index (χ3n) is 6.22. The Hall–Kier alpha value is -1.02. The van der Waals surface area contributed by atoms with E-state index < -0.39 is 0 Å². The van der Waals surface area contributed by atoms with Crippen molar-refractivity contribution in [2.45, 2.75) is 51.6 Å². The van der Waals surface area contributed by atoms with E-state index in [1.54, 1.807) is 0 Å². The van der Waals surface area contributed by atoms with Crippen molar-refractivity contribution in [1.82, 2.24) is 5.32 Å². The summed E-state index contributed by atoms with van der Waals surface area (Å²) in [4.78, 5) is 0. The van der Waals surface area contributed by atoms with Gasteiger partial charge in [0.05, 0.1) is 0 Å². The molecule has 0 amide bonds. The van der Waals surface area contributed by atoms with Crippen molar-refractivity contribution < 1.29 is 5.11 Å². The van der Waals surface area contributed by atoms with Gasteiger partial charge in [-0.3, -0.25) is 0 Å². The second-order valence-electron chi connectivity index (χ2n) is 7.27. The highest BCUT2D eigenvalue weighted by molar-refractivity contribution is 5.35. The SMILES string of the molecule is Cc1ccc(O)c(CNC2CC3CC2C2CCCC32)c1. The lowest BCUT2D eigenvalue weighted by Gasteiger charge is -2.32. The minimum absolute atomic E-state index is 0.435. The van der Waals surface area contributed by atoms with E-state index in [4.69, 9.17) is 0 Å². The molecule has 0 aromatic heterocycles. The maximum atomic E-state index is 9.95. The number of aromatic hydroxyl groups is 1. The molecule has 0 radical (unpaired) electrons. The molecule has 5 atom stereocenters. The fraction of sp³-hybridized carbons (Fsp3) is 0.667. The molecule has 0 heterocycles. The number of benzene rings is 1. The Morgan fingerprint density at radius 3 is 2.90 bits per heavy atom. The summed E-state index contributed by atoms with van der Waals surface area (Å²) in [6, 6.07) is 6.59. The highest BCUT2D eigenvalue weighted by atomic mass is 16.3. The molecule has 3 aliphatic rings. The number of aryl methyl sites for hydroxylation is 1. The predicted octanol–water partition coefficient (Wildman–Crippen LogP) is 3.61. The number of hydrogen-bond donors (Lipinski definition) is 2. The minimum Gasteiger partial charge on any atom is -0.508 e. The molecular formula is C18H25NO. The molecule has 2 bridgehead atoms. The molecule has 0 saturated heterocycles. The lowest BCUT2D eigenvalue weighted by atomic mass is 9.79. The monoisotopic (exact) mass is 271 g/mol. The molecule has 0 spiro atoms. The van der Waals surface area contributed by atoms with Crippen LogP contribution in [0.25, 0.3) is 0 Å². The van der Waals surface area contributed by atoms with Gasteiger partial charge in [-0.1, -0.05) is 24.1 Å². The molecule has 3 saturated carbocycles. The van der Waals surface area contributed by atoms with Gasteiger partial charge >= 0.3 is 0 Å². The minimum atomic E-state index is 0.435. The van der Waals surface area contributed by atoms with Gasteiger partial charge in [-0.25, -0.2) is 0 Å². The van der Waals surface area contributed by atoms with Crippen LogP contribution in [0.4, 0.5) is 0 Å². The molecule has 2 N–H and O–H groups in total. The molecule has 108 valence electrons. The van der Waals surface area contributed by atoms with Crippen molar-refractivity contribution in [3.05, 3.63) is 29.3 Å². The zero-order chi connectivity index (χ0) is 13.7. The number of fused-ring (bicyclic) bond motifs is 5. The molecule has 3 aliphatic carbocycles. The van der Waals surface area contributed by atoms with Crippen LogP contribution in [0.15, 0.2) is 18.2 Å². The average molecular weight is 271 g/mol. The van der Waals surface area contributed by atoms with Crippen molar-refractivity contribution in [2.75, 3.05) is 0 Å². The summed E-state index contributed by atoms with van der Waals surface area (Å²) < 4.78 is 0. The van der Waals surface area contributed by atoms with Crippen LogP contribution in [0.2, 0.25) is 0 Å². The lowest BCUT2D eigenvalue weighted by molar-refractivity contribution is 0.207. The summed E-state index contributed by atoms with van der Waals surface area (Å²) in [7, 11) is 0. The van der Waals surface area contributed by atoms with Crippen molar-refractivity contribution in [2.24, 2.45) is 23.7 Å². The molecule has 4 rings (SSSR count). The Kier molecular flexibility index (Phi) is 3.03. The van der Waals surface area contributed by atoms with Crippen LogP contribution in [0.3, 0.4) is 0 Å². The molecule has 0 aliphatic heterocycles. The van der Waals surface area contributed by atoms with Crippen LogP contribution in [0, 0.1) is 30.6 Å². The fourth-order valence-electron chi connectivity index (χ4n) is 5.40. The van der Waals surface area contributed by atoms with Crippen LogP contribution in [0.1, 0.15) is 43.2 Å². The van der Waals surface area contributed by atoms with Crippen molar-refractivity contribution >= 4 is 0 Å². The Balaban J connectivity index is 1.42. The van der Waals surface area contributed by atoms with Crippen LogP contribution in [0.5, 0.6) is 5.75 Å². The van der Waals surface area contributed by atoms with Crippen LogP contribution < -0.4 is 5.32 Å². The smallest absolute Gasteiger partial charge is 0.120 e. The van der Waals surface area contributed by atoms with Gasteiger partial charge in [0.15, 0.2) is 0 Å². The standard InChI is InChI=1S/C18H25NO/c1-11-5-6-18(20)13(7-11)10-19-17-9-12-8-16(17)15-4-2-3-14(12)15/h5-7,12,14-17,19-20H,2-4,8-10H2,1H3. The number of phenols is 1. The van der Waals surface area contributed by atoms with Gasteiger partial charge in [0.25, 0.3) is 0 Å². The molecule has 1 aromatic rings. The number of nitrogens with one attached hydrogen (secondary N) is 1. The van der Waals surface area contributed by atoms with Gasteiger partial charge in [0, 0.05) is 18.2 Å². The van der Waals surface area contributed by atoms with E-state index >= 15 is 0 Å². The van der Waals surface area contributed by atoms with Gasteiger partial charge in [-0.2, -0.15) is 0 Å². The summed E-state index contributed by atoms with van der Waals surface area (Å²) in [5.74, 6) is 4.42. The van der Waals surface area contributed by atoms with E-state index in [0.29, 0.717) is 11.8 Å².